The fourth-order valence-electron chi connectivity index (χ4n) is 3.06. The zero-order valence-electron chi connectivity index (χ0n) is 12.0. The van der Waals surface area contributed by atoms with Gasteiger partial charge in [0.1, 0.15) is 5.92 Å². The van der Waals surface area contributed by atoms with Crippen molar-refractivity contribution in [3.8, 4) is 0 Å². The summed E-state index contributed by atoms with van der Waals surface area (Å²) in [6.45, 7) is 4.81. The van der Waals surface area contributed by atoms with E-state index in [1.54, 1.807) is 4.90 Å². The highest BCUT2D eigenvalue weighted by Crippen LogP contribution is 2.24. The van der Waals surface area contributed by atoms with Crippen LogP contribution in [0.3, 0.4) is 0 Å². The maximum Gasteiger partial charge on any atom is 0.311 e. The van der Waals surface area contributed by atoms with Crippen LogP contribution in [0.25, 0.3) is 0 Å². The smallest absolute Gasteiger partial charge is 0.311 e. The van der Waals surface area contributed by atoms with E-state index in [1.165, 1.54) is 0 Å². The number of nitrogens with one attached hydrogen (secondary N) is 1. The van der Waals surface area contributed by atoms with E-state index in [2.05, 4.69) is 5.32 Å². The number of piperidine rings is 1. The Labute approximate surface area is 119 Å². The minimum atomic E-state index is -0.872. The summed E-state index contributed by atoms with van der Waals surface area (Å²) in [4.78, 5) is 25.7. The summed E-state index contributed by atoms with van der Waals surface area (Å²) in [6.07, 6.45) is 2.71. The first kappa shape index (κ1) is 15.3. The minimum Gasteiger partial charge on any atom is -0.481 e. The number of amides is 1. The van der Waals surface area contributed by atoms with E-state index in [0.717, 1.165) is 25.8 Å². The third-order valence-corrected chi connectivity index (χ3v) is 4.16. The van der Waals surface area contributed by atoms with E-state index in [1.807, 2.05) is 6.92 Å². The molecular weight excluding hydrogens is 260 g/mol. The molecule has 0 bridgehead atoms. The highest BCUT2D eigenvalue weighted by Gasteiger charge is 2.41. The van der Waals surface area contributed by atoms with Gasteiger partial charge in [0, 0.05) is 13.1 Å². The Balaban J connectivity index is 2.08. The molecule has 6 nitrogen and oxygen atoms in total. The Hall–Kier alpha value is -1.14. The molecule has 2 saturated heterocycles. The molecule has 0 aliphatic carbocycles. The molecule has 20 heavy (non-hydrogen) atoms. The largest absolute Gasteiger partial charge is 0.481 e. The highest BCUT2D eigenvalue weighted by atomic mass is 16.5. The lowest BCUT2D eigenvalue weighted by Crippen LogP contribution is -2.51. The topological polar surface area (TPSA) is 78.9 Å². The SMILES string of the molecule is CCCN(C(=O)C1CCCNC1)C1COCC1C(=O)O. The minimum absolute atomic E-state index is 0.0228. The van der Waals surface area contributed by atoms with Crippen molar-refractivity contribution < 1.29 is 19.4 Å². The lowest BCUT2D eigenvalue weighted by molar-refractivity contribution is -0.146. The molecular formula is C14H24N2O4. The number of rotatable bonds is 5. The van der Waals surface area contributed by atoms with Gasteiger partial charge in [-0.05, 0) is 25.8 Å². The molecule has 2 fully saturated rings. The van der Waals surface area contributed by atoms with Crippen LogP contribution in [0.1, 0.15) is 26.2 Å². The van der Waals surface area contributed by atoms with E-state index in [0.29, 0.717) is 19.7 Å². The van der Waals surface area contributed by atoms with Crippen molar-refractivity contribution in [1.29, 1.82) is 0 Å². The summed E-state index contributed by atoms with van der Waals surface area (Å²) < 4.78 is 5.31. The predicted molar refractivity (Wildman–Crippen MR) is 73.3 cm³/mol. The molecule has 1 amide bonds. The Kier molecular flexibility index (Phi) is 5.37. The van der Waals surface area contributed by atoms with Crippen LogP contribution >= 0.6 is 0 Å². The summed E-state index contributed by atoms with van der Waals surface area (Å²) in [6, 6.07) is -0.318. The first-order valence-electron chi connectivity index (χ1n) is 7.47. The van der Waals surface area contributed by atoms with Crippen LogP contribution in [0.4, 0.5) is 0 Å². The van der Waals surface area contributed by atoms with Gasteiger partial charge in [-0.15, -0.1) is 0 Å². The van der Waals surface area contributed by atoms with Gasteiger partial charge in [-0.2, -0.15) is 0 Å². The van der Waals surface area contributed by atoms with Gasteiger partial charge >= 0.3 is 5.97 Å². The summed E-state index contributed by atoms with van der Waals surface area (Å²) in [5, 5.41) is 12.5. The summed E-state index contributed by atoms with van der Waals surface area (Å²) in [7, 11) is 0. The van der Waals surface area contributed by atoms with Crippen molar-refractivity contribution in [1.82, 2.24) is 10.2 Å². The molecule has 2 heterocycles. The first-order valence-corrected chi connectivity index (χ1v) is 7.47. The lowest BCUT2D eigenvalue weighted by atomic mass is 9.95. The molecule has 0 aromatic rings. The number of carboxylic acids is 1. The van der Waals surface area contributed by atoms with Gasteiger partial charge in [-0.1, -0.05) is 6.92 Å². The van der Waals surface area contributed by atoms with E-state index >= 15 is 0 Å². The van der Waals surface area contributed by atoms with Gasteiger partial charge in [0.2, 0.25) is 5.91 Å². The number of carbonyl (C=O) groups excluding carboxylic acids is 1. The van der Waals surface area contributed by atoms with Gasteiger partial charge in [-0.25, -0.2) is 0 Å². The first-order chi connectivity index (χ1) is 9.65. The van der Waals surface area contributed by atoms with Gasteiger partial charge < -0.3 is 20.1 Å². The maximum absolute atomic E-state index is 12.7. The Morgan fingerprint density at radius 1 is 1.40 bits per heavy atom. The second-order valence-corrected chi connectivity index (χ2v) is 5.62. The number of aliphatic carboxylic acids is 1. The van der Waals surface area contributed by atoms with Crippen LogP contribution in [0.5, 0.6) is 0 Å². The lowest BCUT2D eigenvalue weighted by Gasteiger charge is -2.34. The Bertz CT molecular complexity index is 355. The normalized spacial score (nSPS) is 30.1. The predicted octanol–water partition coefficient (Wildman–Crippen LogP) is 0.324. The van der Waals surface area contributed by atoms with Crippen LogP contribution in [-0.2, 0) is 14.3 Å². The van der Waals surface area contributed by atoms with Crippen LogP contribution < -0.4 is 5.32 Å². The van der Waals surface area contributed by atoms with Crippen molar-refractivity contribution in [3.05, 3.63) is 0 Å². The number of hydrogen-bond donors (Lipinski definition) is 2. The van der Waals surface area contributed by atoms with Gasteiger partial charge in [0.05, 0.1) is 25.2 Å². The quantitative estimate of drug-likeness (QED) is 0.760. The molecule has 2 aliphatic heterocycles. The molecule has 3 unspecified atom stereocenters. The van der Waals surface area contributed by atoms with Gasteiger partial charge in [0.25, 0.3) is 0 Å². The number of carboxylic acid groups (broad SMARTS) is 1. The molecule has 0 aromatic carbocycles. The monoisotopic (exact) mass is 284 g/mol. The highest BCUT2D eigenvalue weighted by molar-refractivity contribution is 5.81. The molecule has 0 radical (unpaired) electrons. The second kappa shape index (κ2) is 7.04. The Morgan fingerprint density at radius 3 is 2.80 bits per heavy atom. The van der Waals surface area contributed by atoms with Gasteiger partial charge in [-0.3, -0.25) is 9.59 Å². The molecule has 3 atom stereocenters. The molecule has 2 aliphatic rings. The molecule has 0 spiro atoms. The molecule has 2 rings (SSSR count). The number of nitrogens with zero attached hydrogens (tertiary/aromatic N) is 1. The second-order valence-electron chi connectivity index (χ2n) is 5.62. The van der Waals surface area contributed by atoms with E-state index in [4.69, 9.17) is 4.74 Å². The fourth-order valence-corrected chi connectivity index (χ4v) is 3.06. The van der Waals surface area contributed by atoms with E-state index in [9.17, 15) is 14.7 Å². The number of hydrogen-bond acceptors (Lipinski definition) is 4. The van der Waals surface area contributed by atoms with Gasteiger partial charge in [0.15, 0.2) is 0 Å². The summed E-state index contributed by atoms with van der Waals surface area (Å²) >= 11 is 0. The van der Waals surface area contributed by atoms with Crippen molar-refractivity contribution in [2.45, 2.75) is 32.2 Å². The third-order valence-electron chi connectivity index (χ3n) is 4.16. The average molecular weight is 284 g/mol. The maximum atomic E-state index is 12.7. The van der Waals surface area contributed by atoms with Crippen LogP contribution in [0.2, 0.25) is 0 Å². The van der Waals surface area contributed by atoms with Crippen molar-refractivity contribution >= 4 is 11.9 Å². The zero-order valence-corrected chi connectivity index (χ0v) is 12.0. The molecule has 114 valence electrons. The van der Waals surface area contributed by atoms with Crippen LogP contribution in [0.15, 0.2) is 0 Å². The Morgan fingerprint density at radius 2 is 2.20 bits per heavy atom. The van der Waals surface area contributed by atoms with Crippen molar-refractivity contribution in [3.63, 3.8) is 0 Å². The fraction of sp³-hybridized carbons (Fsp3) is 0.857. The molecule has 0 aromatic heterocycles. The molecule has 6 heteroatoms. The summed E-state index contributed by atoms with van der Waals surface area (Å²) in [5.74, 6) is -1.41. The molecule has 2 N–H and O–H groups in total. The van der Waals surface area contributed by atoms with Crippen molar-refractivity contribution in [2.24, 2.45) is 11.8 Å². The zero-order chi connectivity index (χ0) is 14.5. The van der Waals surface area contributed by atoms with Crippen LogP contribution in [0, 0.1) is 11.8 Å². The molecule has 0 saturated carbocycles. The number of carbonyl (C=O) groups is 2. The van der Waals surface area contributed by atoms with Crippen LogP contribution in [-0.4, -0.2) is 60.8 Å². The van der Waals surface area contributed by atoms with E-state index in [-0.39, 0.29) is 24.5 Å². The van der Waals surface area contributed by atoms with E-state index < -0.39 is 11.9 Å². The van der Waals surface area contributed by atoms with Crippen molar-refractivity contribution in [2.75, 3.05) is 32.8 Å². The summed E-state index contributed by atoms with van der Waals surface area (Å²) in [5.41, 5.74) is 0. The standard InChI is InChI=1S/C14H24N2O4/c1-2-6-16(12-9-20-8-11(12)14(18)19)13(17)10-4-3-5-15-7-10/h10-12,15H,2-9H2,1H3,(H,18,19). The average Bonchev–Trinajstić information content (AvgIpc) is 2.94. The number of ether oxygens (including phenoxy) is 1. The third kappa shape index (κ3) is 3.30.